The van der Waals surface area contributed by atoms with Gasteiger partial charge >= 0.3 is 0 Å². The normalized spacial score (nSPS) is 10.8. The van der Waals surface area contributed by atoms with Gasteiger partial charge in [0, 0.05) is 29.7 Å². The Hall–Kier alpha value is -2.54. The number of imidazole rings is 1. The molecular weight excluding hydrogens is 236 g/mol. The van der Waals surface area contributed by atoms with Gasteiger partial charge in [0.25, 0.3) is 0 Å². The summed E-state index contributed by atoms with van der Waals surface area (Å²) < 4.78 is 2.01. The first-order valence-corrected chi connectivity index (χ1v) is 6.18. The second-order valence-corrected chi connectivity index (χ2v) is 4.61. The molecule has 0 spiro atoms. The van der Waals surface area contributed by atoms with Gasteiger partial charge in [-0.1, -0.05) is 18.2 Å². The molecular formula is C15H14N4. The highest BCUT2D eigenvalue weighted by Crippen LogP contribution is 2.28. The Bertz CT molecular complexity index is 786. The maximum atomic E-state index is 8.88. The zero-order valence-corrected chi connectivity index (χ0v) is 10.9. The number of para-hydroxylation sites is 1. The third-order valence-corrected chi connectivity index (χ3v) is 3.49. The van der Waals surface area contributed by atoms with E-state index in [0.29, 0.717) is 6.42 Å². The molecule has 0 atom stereocenters. The Morgan fingerprint density at radius 1 is 1.37 bits per heavy atom. The predicted octanol–water partition coefficient (Wildman–Crippen LogP) is 2.94. The minimum absolute atomic E-state index is 0.387. The van der Waals surface area contributed by atoms with Crippen molar-refractivity contribution in [2.45, 2.75) is 13.3 Å². The van der Waals surface area contributed by atoms with Gasteiger partial charge in [0.05, 0.1) is 23.9 Å². The highest BCUT2D eigenvalue weighted by molar-refractivity contribution is 5.93. The van der Waals surface area contributed by atoms with Crippen molar-refractivity contribution in [3.05, 3.63) is 41.9 Å². The zero-order chi connectivity index (χ0) is 13.4. The topological polar surface area (TPSA) is 57.4 Å². The molecule has 4 nitrogen and oxygen atoms in total. The number of hydrogen-bond acceptors (Lipinski definition) is 2. The van der Waals surface area contributed by atoms with E-state index < -0.39 is 0 Å². The zero-order valence-electron chi connectivity index (χ0n) is 10.9. The molecule has 4 heteroatoms. The van der Waals surface area contributed by atoms with Gasteiger partial charge in [-0.15, -0.1) is 0 Å². The van der Waals surface area contributed by atoms with Crippen LogP contribution >= 0.6 is 0 Å². The first-order chi connectivity index (χ1) is 9.22. The molecule has 0 unspecified atom stereocenters. The summed E-state index contributed by atoms with van der Waals surface area (Å²) >= 11 is 0. The summed E-state index contributed by atoms with van der Waals surface area (Å²) in [4.78, 5) is 7.87. The van der Waals surface area contributed by atoms with E-state index in [2.05, 4.69) is 22.1 Å². The number of nitrogens with one attached hydrogen (secondary N) is 1. The maximum Gasteiger partial charge on any atom is 0.142 e. The Morgan fingerprint density at radius 3 is 2.95 bits per heavy atom. The Kier molecular flexibility index (Phi) is 2.60. The number of nitrogens with zero attached hydrogens (tertiary/aromatic N) is 3. The number of aromatic nitrogens is 3. The van der Waals surface area contributed by atoms with Crippen molar-refractivity contribution >= 4 is 10.9 Å². The molecule has 3 rings (SSSR count). The fraction of sp³-hybridized carbons (Fsp3) is 0.200. The largest absolute Gasteiger partial charge is 0.360 e. The summed E-state index contributed by atoms with van der Waals surface area (Å²) in [6.45, 7) is 1.95. The average molecular weight is 250 g/mol. The van der Waals surface area contributed by atoms with Crippen LogP contribution in [0.3, 0.4) is 0 Å². The number of nitriles is 1. The molecule has 0 radical (unpaired) electrons. The molecule has 0 saturated carbocycles. The first kappa shape index (κ1) is 11.5. The standard InChI is InChI=1S/C15H14N4/c1-10-14(7-8-16)19(2)15(18-10)12-9-17-13-6-4-3-5-11(12)13/h3-6,9,17H,7H2,1-2H3. The minimum Gasteiger partial charge on any atom is -0.360 e. The maximum absolute atomic E-state index is 8.88. The van der Waals surface area contributed by atoms with Crippen LogP contribution in [0.4, 0.5) is 0 Å². The molecule has 0 amide bonds. The summed E-state index contributed by atoms with van der Waals surface area (Å²) in [5, 5.41) is 10.0. The number of H-pyrrole nitrogens is 1. The van der Waals surface area contributed by atoms with Crippen molar-refractivity contribution in [3.63, 3.8) is 0 Å². The summed E-state index contributed by atoms with van der Waals surface area (Å²) in [7, 11) is 1.96. The molecule has 0 aliphatic carbocycles. The van der Waals surface area contributed by atoms with Crippen molar-refractivity contribution in [1.29, 1.82) is 5.26 Å². The van der Waals surface area contributed by atoms with E-state index in [1.807, 2.05) is 42.9 Å². The van der Waals surface area contributed by atoms with E-state index in [1.54, 1.807) is 0 Å². The van der Waals surface area contributed by atoms with Gasteiger partial charge in [-0.3, -0.25) is 0 Å². The SMILES string of the molecule is Cc1nc(-c2c[nH]c3ccccc23)n(C)c1CC#N. The van der Waals surface area contributed by atoms with Gasteiger partial charge in [-0.25, -0.2) is 4.98 Å². The Balaban J connectivity index is 2.23. The second-order valence-electron chi connectivity index (χ2n) is 4.61. The number of rotatable bonds is 2. The Labute approximate surface area is 111 Å². The molecule has 1 N–H and O–H groups in total. The summed E-state index contributed by atoms with van der Waals surface area (Å²) in [6, 6.07) is 10.3. The molecule has 94 valence electrons. The van der Waals surface area contributed by atoms with Gasteiger partial charge in [-0.05, 0) is 13.0 Å². The van der Waals surface area contributed by atoms with Gasteiger partial charge in [0.1, 0.15) is 5.82 Å². The molecule has 3 aromatic rings. The smallest absolute Gasteiger partial charge is 0.142 e. The minimum atomic E-state index is 0.387. The molecule has 0 aliphatic rings. The molecule has 1 aromatic carbocycles. The van der Waals surface area contributed by atoms with Crippen LogP contribution in [-0.4, -0.2) is 14.5 Å². The summed E-state index contributed by atoms with van der Waals surface area (Å²) in [5.74, 6) is 0.903. The summed E-state index contributed by atoms with van der Waals surface area (Å²) in [6.07, 6.45) is 2.36. The second kappa shape index (κ2) is 4.29. The third kappa shape index (κ3) is 1.71. The average Bonchev–Trinajstić information content (AvgIpc) is 2.95. The molecule has 0 aliphatic heterocycles. The van der Waals surface area contributed by atoms with Crippen molar-refractivity contribution in [3.8, 4) is 17.5 Å². The number of fused-ring (bicyclic) bond motifs is 1. The third-order valence-electron chi connectivity index (χ3n) is 3.49. The predicted molar refractivity (Wildman–Crippen MR) is 74.6 cm³/mol. The molecule has 0 fully saturated rings. The van der Waals surface area contributed by atoms with E-state index in [4.69, 9.17) is 5.26 Å². The molecule has 19 heavy (non-hydrogen) atoms. The molecule has 0 saturated heterocycles. The van der Waals surface area contributed by atoms with Crippen LogP contribution in [0.1, 0.15) is 11.4 Å². The molecule has 2 heterocycles. The van der Waals surface area contributed by atoms with Crippen molar-refractivity contribution in [2.75, 3.05) is 0 Å². The number of hydrogen-bond donors (Lipinski definition) is 1. The van der Waals surface area contributed by atoms with Gasteiger partial charge in [0.15, 0.2) is 0 Å². The van der Waals surface area contributed by atoms with Crippen LogP contribution < -0.4 is 0 Å². The lowest BCUT2D eigenvalue weighted by Gasteiger charge is -2.02. The van der Waals surface area contributed by atoms with Crippen molar-refractivity contribution in [1.82, 2.24) is 14.5 Å². The monoisotopic (exact) mass is 250 g/mol. The van der Waals surface area contributed by atoms with E-state index in [1.165, 1.54) is 0 Å². The van der Waals surface area contributed by atoms with Gasteiger partial charge < -0.3 is 9.55 Å². The van der Waals surface area contributed by atoms with E-state index >= 15 is 0 Å². The van der Waals surface area contributed by atoms with Crippen LogP contribution in [0.2, 0.25) is 0 Å². The number of aryl methyl sites for hydroxylation is 1. The van der Waals surface area contributed by atoms with Gasteiger partial charge in [0.2, 0.25) is 0 Å². The molecule has 2 aromatic heterocycles. The Morgan fingerprint density at radius 2 is 2.16 bits per heavy atom. The lowest BCUT2D eigenvalue weighted by atomic mass is 10.1. The highest BCUT2D eigenvalue weighted by Gasteiger charge is 2.15. The molecule has 0 bridgehead atoms. The number of aromatic amines is 1. The van der Waals surface area contributed by atoms with E-state index in [0.717, 1.165) is 33.7 Å². The van der Waals surface area contributed by atoms with Crippen LogP contribution in [-0.2, 0) is 13.5 Å². The van der Waals surface area contributed by atoms with Crippen LogP contribution in [0.15, 0.2) is 30.5 Å². The van der Waals surface area contributed by atoms with E-state index in [-0.39, 0.29) is 0 Å². The van der Waals surface area contributed by atoms with Crippen molar-refractivity contribution < 1.29 is 0 Å². The highest BCUT2D eigenvalue weighted by atomic mass is 15.1. The first-order valence-electron chi connectivity index (χ1n) is 6.18. The lowest BCUT2D eigenvalue weighted by molar-refractivity contribution is 0.860. The van der Waals surface area contributed by atoms with Gasteiger partial charge in [-0.2, -0.15) is 5.26 Å². The van der Waals surface area contributed by atoms with Crippen LogP contribution in [0, 0.1) is 18.3 Å². The fourth-order valence-electron chi connectivity index (χ4n) is 2.49. The lowest BCUT2D eigenvalue weighted by Crippen LogP contribution is -1.98. The quantitative estimate of drug-likeness (QED) is 0.760. The van der Waals surface area contributed by atoms with Crippen molar-refractivity contribution in [2.24, 2.45) is 7.05 Å². The number of benzene rings is 1. The van der Waals surface area contributed by atoms with Crippen LogP contribution in [0.5, 0.6) is 0 Å². The van der Waals surface area contributed by atoms with Crippen LogP contribution in [0.25, 0.3) is 22.3 Å². The fourth-order valence-corrected chi connectivity index (χ4v) is 2.49. The van der Waals surface area contributed by atoms with E-state index in [9.17, 15) is 0 Å². The summed E-state index contributed by atoms with van der Waals surface area (Å²) in [5.41, 5.74) is 4.07.